The highest BCUT2D eigenvalue weighted by Crippen LogP contribution is 2.42. The molecule has 0 heterocycles. The molecule has 0 amide bonds. The lowest BCUT2D eigenvalue weighted by atomic mass is 9.97. The van der Waals surface area contributed by atoms with E-state index in [-0.39, 0.29) is 37.0 Å². The molecule has 13 aromatic rings. The van der Waals surface area contributed by atoms with Gasteiger partial charge in [-0.25, -0.2) is 9.59 Å². The molecule has 7 unspecified atom stereocenters. The molecule has 7 atom stereocenters. The number of fused-ring (bicyclic) bond motifs is 2. The number of aromatic hydroxyl groups is 3. The number of rotatable bonds is 36. The van der Waals surface area contributed by atoms with Gasteiger partial charge in [-0.1, -0.05) is 328 Å². The lowest BCUT2D eigenvalue weighted by Gasteiger charge is -2.27. The normalized spacial score (nSPS) is 13.5. The van der Waals surface area contributed by atoms with Crippen molar-refractivity contribution >= 4 is 33.5 Å². The highest BCUT2D eigenvalue weighted by molar-refractivity contribution is 5.94. The van der Waals surface area contributed by atoms with Gasteiger partial charge in [0.25, 0.3) is 0 Å². The van der Waals surface area contributed by atoms with Crippen LogP contribution < -0.4 is 28.4 Å². The van der Waals surface area contributed by atoms with Gasteiger partial charge in [0.15, 0.2) is 13.2 Å². The number of hydrogen-bond acceptors (Lipinski definition) is 14. The minimum Gasteiger partial charge on any atom is -0.508 e. The first-order chi connectivity index (χ1) is 65.1. The summed E-state index contributed by atoms with van der Waals surface area (Å²) >= 11 is 0. The third-order valence-corrected chi connectivity index (χ3v) is 25.3. The predicted octanol–water partition coefficient (Wildman–Crippen LogP) is 31.9. The SMILES string of the molecule is CCC(C)c1ccc(COc2cccc3c(OCC(=O)OC(C)(C)C)cccc23)cc1.CCC(C)c1ccc(COc2cccc3c(OCC(=O)OC4(CC)CCCC4)cccc23)cc1.CCC(C)c1ccc(O)cc1.CCC(C)c1ccc(O)cc1.CCC(C)c1ccc(O)cc1.CCC(C)c1ccc(OC(OCCOc2c(-c3ccccc3)cccc2-c2ccccc2)C(C)C)cc1. The Bertz CT molecular complexity index is 5430. The minimum absolute atomic E-state index is 0.0888. The maximum Gasteiger partial charge on any atom is 0.344 e. The van der Waals surface area contributed by atoms with Crippen molar-refractivity contribution < 1.29 is 67.5 Å². The van der Waals surface area contributed by atoms with Gasteiger partial charge < -0.3 is 58.0 Å². The Morgan fingerprint density at radius 2 is 0.652 bits per heavy atom. The standard InChI is InChI=1S/C34H38O3.C30H36O4.C27H32O4.3C10H14O/c1-5-26(4)27-19-21-30(22-20-27)37-34(25(2)3)36-24-23-35-33-31(28-13-8-6-9-14-28)17-12-18-32(33)29-15-10-7-11-16-29;1-4-22(3)24-16-14-23(15-17-24)20-32-27-12-8-11-26-25(27)10-9-13-28(26)33-21-29(31)34-30(5-2)18-6-7-19-30;1-6-19(2)21-15-13-20(14-16-21)17-29-24-11-7-10-23-22(24)9-8-12-25(23)30-18-26(28)31-27(3,4)5;3*1-3-8(2)9-4-6-10(11)7-5-9/h6-22,25-26,34H,5,23-24H2,1-4H3;8-17,22H,4-7,18-21H2,1-3H3;7-16,19H,6,17-18H2,1-5H3;3*4-8,11H,3H2,1-2H3. The first-order valence-corrected chi connectivity index (χ1v) is 48.9. The Balaban J connectivity index is 0.000000194. The molecule has 135 heavy (non-hydrogen) atoms. The van der Waals surface area contributed by atoms with E-state index in [4.69, 9.17) is 58.0 Å². The van der Waals surface area contributed by atoms with Gasteiger partial charge in [0.1, 0.15) is 82.8 Å². The van der Waals surface area contributed by atoms with Crippen molar-refractivity contribution in [2.45, 2.75) is 261 Å². The number of hydrogen-bond donors (Lipinski definition) is 3. The zero-order valence-electron chi connectivity index (χ0n) is 83.3. The summed E-state index contributed by atoms with van der Waals surface area (Å²) in [5, 5.41) is 30.8. The summed E-state index contributed by atoms with van der Waals surface area (Å²) in [6.45, 7) is 39.8. The van der Waals surface area contributed by atoms with E-state index in [0.29, 0.717) is 90.7 Å². The van der Waals surface area contributed by atoms with Gasteiger partial charge in [0.05, 0.1) is 6.61 Å². The molecule has 0 saturated heterocycles. The van der Waals surface area contributed by atoms with Gasteiger partial charge in [-0.15, -0.1) is 0 Å². The molecule has 1 saturated carbocycles. The molecule has 1 aliphatic rings. The molecule has 0 aromatic heterocycles. The Kier molecular flexibility index (Phi) is 43.0. The topological polar surface area (TPSA) is 178 Å². The molecule has 0 spiro atoms. The van der Waals surface area contributed by atoms with E-state index in [1.807, 2.05) is 154 Å². The number of phenolic OH excluding ortho intramolecular Hbond substituents is 3. The van der Waals surface area contributed by atoms with Gasteiger partial charge >= 0.3 is 11.9 Å². The van der Waals surface area contributed by atoms with Crippen molar-refractivity contribution in [1.29, 1.82) is 0 Å². The van der Waals surface area contributed by atoms with E-state index >= 15 is 0 Å². The maximum atomic E-state index is 12.5. The van der Waals surface area contributed by atoms with E-state index in [1.54, 1.807) is 36.4 Å². The third-order valence-electron chi connectivity index (χ3n) is 25.3. The lowest BCUT2D eigenvalue weighted by molar-refractivity contribution is -0.162. The van der Waals surface area contributed by atoms with E-state index in [2.05, 4.69) is 231 Å². The summed E-state index contributed by atoms with van der Waals surface area (Å²) in [5.41, 5.74) is 13.7. The van der Waals surface area contributed by atoms with Crippen LogP contribution in [0.25, 0.3) is 43.8 Å². The van der Waals surface area contributed by atoms with Crippen LogP contribution in [-0.4, -0.2) is 71.2 Å². The molecule has 14 rings (SSSR count). The number of ether oxygens (including phenoxy) is 9. The van der Waals surface area contributed by atoms with Crippen LogP contribution in [0.5, 0.6) is 51.7 Å². The van der Waals surface area contributed by atoms with E-state index in [0.717, 1.165) is 149 Å². The van der Waals surface area contributed by atoms with Gasteiger partial charge in [-0.2, -0.15) is 0 Å². The summed E-state index contributed by atoms with van der Waals surface area (Å²) in [4.78, 5) is 24.5. The second-order valence-corrected chi connectivity index (χ2v) is 36.7. The Morgan fingerprint density at radius 1 is 0.341 bits per heavy atom. The predicted molar refractivity (Wildman–Crippen MR) is 555 cm³/mol. The average molecular weight is 1830 g/mol. The maximum absolute atomic E-state index is 12.5. The van der Waals surface area contributed by atoms with Gasteiger partial charge in [-0.3, -0.25) is 0 Å². The van der Waals surface area contributed by atoms with Crippen LogP contribution >= 0.6 is 0 Å². The zero-order chi connectivity index (χ0) is 97.2. The van der Waals surface area contributed by atoms with Crippen molar-refractivity contribution in [3.63, 3.8) is 0 Å². The highest BCUT2D eigenvalue weighted by Gasteiger charge is 2.36. The minimum atomic E-state index is -0.535. The quantitative estimate of drug-likeness (QED) is 0.0192. The van der Waals surface area contributed by atoms with Crippen molar-refractivity contribution in [2.75, 3.05) is 26.4 Å². The zero-order valence-corrected chi connectivity index (χ0v) is 83.3. The number of carbonyl (C=O) groups is 2. The second-order valence-electron chi connectivity index (χ2n) is 36.7. The Labute approximate surface area is 805 Å². The van der Waals surface area contributed by atoms with E-state index < -0.39 is 11.6 Å². The molecular weight excluding hydrogens is 1680 g/mol. The third kappa shape index (κ3) is 33.8. The molecule has 0 aliphatic heterocycles. The molecule has 14 heteroatoms. The fraction of sp³-hybridized carbons (Fsp3) is 0.372. The van der Waals surface area contributed by atoms with E-state index in [9.17, 15) is 9.59 Å². The van der Waals surface area contributed by atoms with Gasteiger partial charge in [-0.05, 0) is 255 Å². The van der Waals surface area contributed by atoms with Gasteiger partial charge in [0, 0.05) is 38.6 Å². The summed E-state index contributed by atoms with van der Waals surface area (Å²) in [6.07, 6.45) is 11.5. The molecule has 3 N–H and O–H groups in total. The number of carbonyl (C=O) groups excluding carboxylic acids is 2. The molecule has 1 aliphatic carbocycles. The van der Waals surface area contributed by atoms with Crippen molar-refractivity contribution in [2.24, 2.45) is 5.92 Å². The summed E-state index contributed by atoms with van der Waals surface area (Å²) in [6, 6.07) is 98.3. The Hall–Kier alpha value is -12.5. The molecule has 716 valence electrons. The summed E-state index contributed by atoms with van der Waals surface area (Å²) in [7, 11) is 0. The van der Waals surface area contributed by atoms with Crippen LogP contribution in [0.1, 0.15) is 275 Å². The van der Waals surface area contributed by atoms with E-state index in [1.165, 1.54) is 33.4 Å². The molecule has 14 nitrogen and oxygen atoms in total. The fourth-order valence-corrected chi connectivity index (χ4v) is 15.6. The lowest BCUT2D eigenvalue weighted by Crippen LogP contribution is -2.33. The van der Waals surface area contributed by atoms with Crippen molar-refractivity contribution in [3.05, 3.63) is 342 Å². The number of esters is 2. The number of benzene rings is 13. The molecule has 1 fully saturated rings. The second kappa shape index (κ2) is 54.7. The molecule has 0 bridgehead atoms. The highest BCUT2D eigenvalue weighted by atomic mass is 16.7. The first kappa shape index (κ1) is 106. The van der Waals surface area contributed by atoms with Crippen molar-refractivity contribution in [1.82, 2.24) is 0 Å². The molecule has 13 aromatic carbocycles. The van der Waals surface area contributed by atoms with Crippen LogP contribution in [0.4, 0.5) is 0 Å². The van der Waals surface area contributed by atoms with Crippen LogP contribution in [0.3, 0.4) is 0 Å². The molecule has 0 radical (unpaired) electrons. The van der Waals surface area contributed by atoms with Crippen LogP contribution in [0.15, 0.2) is 297 Å². The average Bonchev–Trinajstić information content (AvgIpc) is 1.32. The first-order valence-electron chi connectivity index (χ1n) is 48.9. The Morgan fingerprint density at radius 3 is 0.970 bits per heavy atom. The van der Waals surface area contributed by atoms with Crippen LogP contribution in [0.2, 0.25) is 0 Å². The summed E-state index contributed by atoms with van der Waals surface area (Å²) < 4.78 is 54.0. The summed E-state index contributed by atoms with van der Waals surface area (Å²) in [5.74, 6) is 8.56. The van der Waals surface area contributed by atoms with Gasteiger partial charge in [0.2, 0.25) is 6.29 Å². The smallest absolute Gasteiger partial charge is 0.344 e. The van der Waals surface area contributed by atoms with Crippen LogP contribution in [0, 0.1) is 5.92 Å². The van der Waals surface area contributed by atoms with Crippen LogP contribution in [-0.2, 0) is 37.0 Å². The fourth-order valence-electron chi connectivity index (χ4n) is 15.6. The molecular formula is C121H148O14. The van der Waals surface area contributed by atoms with Crippen molar-refractivity contribution in [3.8, 4) is 74.0 Å². The number of phenols is 3. The largest absolute Gasteiger partial charge is 0.508 e. The monoisotopic (exact) mass is 1830 g/mol. The number of para-hydroxylation sites is 1.